The van der Waals surface area contributed by atoms with Gasteiger partial charge in [0.15, 0.2) is 0 Å². The van der Waals surface area contributed by atoms with E-state index in [9.17, 15) is 9.59 Å². The summed E-state index contributed by atoms with van der Waals surface area (Å²) in [5.74, 6) is 0. The minimum Gasteiger partial charge on any atom is -0.211 e. The van der Waals surface area contributed by atoms with Gasteiger partial charge in [0, 0.05) is 0 Å². The van der Waals surface area contributed by atoms with Crippen LogP contribution in [0, 0.1) is 0 Å². The summed E-state index contributed by atoms with van der Waals surface area (Å²) in [5.41, 5.74) is 1.17. The quantitative estimate of drug-likeness (QED) is 0.458. The number of nitrogens with zero attached hydrogens (tertiary/aromatic N) is 2. The topological polar surface area (TPSA) is 58.9 Å². The molecule has 0 radical (unpaired) electrons. The van der Waals surface area contributed by atoms with Gasteiger partial charge in [-0.05, 0) is 25.7 Å². The van der Waals surface area contributed by atoms with Crippen molar-refractivity contribution in [3.05, 3.63) is 11.4 Å². The fraction of sp³-hybridized carbons (Fsp3) is 0.500. The number of allylic oxidation sites excluding steroid dienone is 2. The molecule has 0 amide bonds. The van der Waals surface area contributed by atoms with E-state index in [1.165, 1.54) is 12.2 Å². The molecule has 0 spiro atoms. The highest BCUT2D eigenvalue weighted by Crippen LogP contribution is 2.25. The van der Waals surface area contributed by atoms with Crippen LogP contribution in [0.1, 0.15) is 25.7 Å². The van der Waals surface area contributed by atoms with Crippen molar-refractivity contribution in [3.8, 4) is 0 Å². The zero-order valence-corrected chi connectivity index (χ0v) is 6.54. The molecule has 0 saturated heterocycles. The summed E-state index contributed by atoms with van der Waals surface area (Å²) in [6, 6.07) is 0. The standard InChI is InChI=1S/C8H8N2O2/c11-5-9-7-3-1-2-4-8(7)10-6-12/h1-4H2. The van der Waals surface area contributed by atoms with E-state index in [1.807, 2.05) is 0 Å². The third-order valence-electron chi connectivity index (χ3n) is 1.77. The van der Waals surface area contributed by atoms with Crippen LogP contribution < -0.4 is 0 Å². The van der Waals surface area contributed by atoms with Crippen LogP contribution in [0.5, 0.6) is 0 Å². The van der Waals surface area contributed by atoms with Gasteiger partial charge in [-0.3, -0.25) is 0 Å². The van der Waals surface area contributed by atoms with E-state index < -0.39 is 0 Å². The highest BCUT2D eigenvalue weighted by Gasteiger charge is 2.11. The van der Waals surface area contributed by atoms with Crippen molar-refractivity contribution in [3.63, 3.8) is 0 Å². The number of carbonyl (C=O) groups excluding carboxylic acids is 2. The first-order chi connectivity index (χ1) is 5.88. The zero-order valence-electron chi connectivity index (χ0n) is 6.54. The summed E-state index contributed by atoms with van der Waals surface area (Å²) in [4.78, 5) is 26.9. The van der Waals surface area contributed by atoms with Crippen LogP contribution in [0.4, 0.5) is 0 Å². The monoisotopic (exact) mass is 164 g/mol. The molecule has 0 unspecified atom stereocenters. The molecule has 0 heterocycles. The molecule has 0 aromatic rings. The summed E-state index contributed by atoms with van der Waals surface area (Å²) in [5, 5.41) is 0. The Bertz CT molecular complexity index is 264. The maximum atomic E-state index is 9.96. The van der Waals surface area contributed by atoms with Crippen LogP contribution in [0.2, 0.25) is 0 Å². The maximum Gasteiger partial charge on any atom is 0.240 e. The first kappa shape index (κ1) is 8.60. The van der Waals surface area contributed by atoms with E-state index in [-0.39, 0.29) is 0 Å². The van der Waals surface area contributed by atoms with Crippen molar-refractivity contribution >= 4 is 12.2 Å². The Morgan fingerprint density at radius 1 is 0.917 bits per heavy atom. The van der Waals surface area contributed by atoms with Gasteiger partial charge >= 0.3 is 0 Å². The van der Waals surface area contributed by atoms with Gasteiger partial charge in [0.2, 0.25) is 12.2 Å². The maximum absolute atomic E-state index is 9.96. The molecule has 1 rings (SSSR count). The van der Waals surface area contributed by atoms with Gasteiger partial charge in [0.25, 0.3) is 0 Å². The van der Waals surface area contributed by atoms with Gasteiger partial charge in [-0.1, -0.05) is 0 Å². The van der Waals surface area contributed by atoms with E-state index in [4.69, 9.17) is 0 Å². The molecule has 1 aliphatic rings. The Labute approximate surface area is 69.7 Å². The average Bonchev–Trinajstić information content (AvgIpc) is 2.09. The van der Waals surface area contributed by atoms with Crippen molar-refractivity contribution < 1.29 is 9.59 Å². The Morgan fingerprint density at radius 3 is 1.67 bits per heavy atom. The second-order valence-electron chi connectivity index (χ2n) is 2.51. The van der Waals surface area contributed by atoms with Gasteiger partial charge in [-0.2, -0.15) is 9.98 Å². The molecule has 12 heavy (non-hydrogen) atoms. The molecular formula is C8H8N2O2. The lowest BCUT2D eigenvalue weighted by Gasteiger charge is -2.10. The van der Waals surface area contributed by atoms with Crippen LogP contribution in [0.25, 0.3) is 0 Å². The number of hydrogen-bond donors (Lipinski definition) is 0. The summed E-state index contributed by atoms with van der Waals surface area (Å²) in [6.45, 7) is 0. The first-order valence-electron chi connectivity index (χ1n) is 3.76. The van der Waals surface area contributed by atoms with Crippen molar-refractivity contribution in [1.29, 1.82) is 0 Å². The van der Waals surface area contributed by atoms with Gasteiger partial charge in [-0.15, -0.1) is 0 Å². The average molecular weight is 164 g/mol. The highest BCUT2D eigenvalue weighted by molar-refractivity contribution is 5.42. The lowest BCUT2D eigenvalue weighted by atomic mass is 10.0. The van der Waals surface area contributed by atoms with Crippen molar-refractivity contribution in [2.45, 2.75) is 25.7 Å². The molecule has 4 heteroatoms. The van der Waals surface area contributed by atoms with Crippen LogP contribution >= 0.6 is 0 Å². The van der Waals surface area contributed by atoms with Gasteiger partial charge in [-0.25, -0.2) is 9.59 Å². The van der Waals surface area contributed by atoms with Crippen LogP contribution in [-0.4, -0.2) is 12.2 Å². The predicted molar refractivity (Wildman–Crippen MR) is 41.7 cm³/mol. The van der Waals surface area contributed by atoms with Crippen LogP contribution in [0.3, 0.4) is 0 Å². The van der Waals surface area contributed by atoms with Crippen LogP contribution in [0.15, 0.2) is 21.4 Å². The molecule has 0 aliphatic heterocycles. The lowest BCUT2D eigenvalue weighted by Crippen LogP contribution is -1.95. The van der Waals surface area contributed by atoms with Gasteiger partial charge in [0.1, 0.15) is 0 Å². The minimum atomic E-state index is 0.583. The number of isocyanates is 2. The van der Waals surface area contributed by atoms with E-state index in [2.05, 4.69) is 9.98 Å². The smallest absolute Gasteiger partial charge is 0.211 e. The predicted octanol–water partition coefficient (Wildman–Crippen LogP) is 1.44. The molecule has 62 valence electrons. The van der Waals surface area contributed by atoms with Gasteiger partial charge in [0.05, 0.1) is 11.4 Å². The molecule has 0 saturated carbocycles. The summed E-state index contributed by atoms with van der Waals surface area (Å²) in [7, 11) is 0. The first-order valence-corrected chi connectivity index (χ1v) is 3.76. The van der Waals surface area contributed by atoms with E-state index >= 15 is 0 Å². The normalized spacial score (nSPS) is 16.3. The molecule has 0 aromatic heterocycles. The van der Waals surface area contributed by atoms with E-state index in [0.717, 1.165) is 12.8 Å². The number of rotatable bonds is 2. The molecule has 0 aromatic carbocycles. The van der Waals surface area contributed by atoms with Crippen molar-refractivity contribution in [2.24, 2.45) is 9.98 Å². The van der Waals surface area contributed by atoms with Crippen molar-refractivity contribution in [2.75, 3.05) is 0 Å². The third-order valence-corrected chi connectivity index (χ3v) is 1.77. The summed E-state index contributed by atoms with van der Waals surface area (Å²) < 4.78 is 0. The Hall–Kier alpha value is -1.50. The Morgan fingerprint density at radius 2 is 1.33 bits per heavy atom. The SMILES string of the molecule is O=C=NC1=C(N=C=O)CCCC1. The second-order valence-corrected chi connectivity index (χ2v) is 2.51. The zero-order chi connectivity index (χ0) is 8.81. The van der Waals surface area contributed by atoms with Crippen LogP contribution in [-0.2, 0) is 9.59 Å². The van der Waals surface area contributed by atoms with Crippen molar-refractivity contribution in [1.82, 2.24) is 0 Å². The molecule has 0 bridgehead atoms. The number of hydrogen-bond acceptors (Lipinski definition) is 4. The highest BCUT2D eigenvalue weighted by atomic mass is 16.1. The molecular weight excluding hydrogens is 156 g/mol. The fourth-order valence-corrected chi connectivity index (χ4v) is 1.22. The largest absolute Gasteiger partial charge is 0.240 e. The molecule has 0 atom stereocenters. The fourth-order valence-electron chi connectivity index (χ4n) is 1.22. The molecule has 4 nitrogen and oxygen atoms in total. The lowest BCUT2D eigenvalue weighted by molar-refractivity contribution is 0.559. The van der Waals surface area contributed by atoms with Gasteiger partial charge < -0.3 is 0 Å². The molecule has 1 aliphatic carbocycles. The molecule has 0 fully saturated rings. The summed E-state index contributed by atoms with van der Waals surface area (Å²) >= 11 is 0. The molecule has 0 N–H and O–H groups in total. The van der Waals surface area contributed by atoms with E-state index in [1.54, 1.807) is 0 Å². The minimum absolute atomic E-state index is 0.583. The second kappa shape index (κ2) is 4.39. The third kappa shape index (κ3) is 1.99. The Balaban J connectivity index is 2.97. The number of aliphatic imine (C=N–C) groups is 2. The Kier molecular flexibility index (Phi) is 3.15. The summed E-state index contributed by atoms with van der Waals surface area (Å²) in [6.07, 6.45) is 6.28. The van der Waals surface area contributed by atoms with E-state index in [0.29, 0.717) is 24.2 Å².